The predicted octanol–water partition coefficient (Wildman–Crippen LogP) is 2.76. The quantitative estimate of drug-likeness (QED) is 0.395. The van der Waals surface area contributed by atoms with Gasteiger partial charge in [0.1, 0.15) is 0 Å². The van der Waals surface area contributed by atoms with Gasteiger partial charge < -0.3 is 9.72 Å². The highest BCUT2D eigenvalue weighted by atomic mass is 16.5. The lowest BCUT2D eigenvalue weighted by atomic mass is 10.1. The number of aromatic amines is 1. The molecule has 0 aliphatic carbocycles. The average Bonchev–Trinajstić information content (AvgIpc) is 2.77. The maximum atomic E-state index is 12.2. The number of ether oxygens (including phenoxy) is 1. The topological polar surface area (TPSA) is 57.1 Å². The standard InChI is InChI=1S/C16H21N3O2/c1-6-21-16(20)15-14(17-11(3)19(4)5)12-9-10(2)7-8-13(12)18-15/h7-9H,6H2,1-5H3,(H,18,20)/p+1. The number of esters is 1. The Kier molecular flexibility index (Phi) is 4.31. The molecule has 1 aromatic heterocycles. The summed E-state index contributed by atoms with van der Waals surface area (Å²) >= 11 is 0. The molecule has 2 N–H and O–H groups in total. The molecular formula is C16H22N3O2+. The van der Waals surface area contributed by atoms with Gasteiger partial charge in [0.2, 0.25) is 5.84 Å². The number of rotatable bonds is 3. The Morgan fingerprint density at radius 2 is 2.10 bits per heavy atom. The number of aryl methyl sites for hydroxylation is 1. The van der Waals surface area contributed by atoms with E-state index in [-0.39, 0.29) is 5.97 Å². The van der Waals surface area contributed by atoms with Crippen LogP contribution in [0.25, 0.3) is 10.9 Å². The minimum absolute atomic E-state index is 0.347. The number of aromatic nitrogens is 1. The van der Waals surface area contributed by atoms with Crippen LogP contribution in [-0.2, 0) is 4.74 Å². The summed E-state index contributed by atoms with van der Waals surface area (Å²) in [7, 11) is 3.90. The van der Waals surface area contributed by atoms with E-state index in [1.165, 1.54) is 0 Å². The zero-order valence-corrected chi connectivity index (χ0v) is 13.2. The van der Waals surface area contributed by atoms with Crippen molar-refractivity contribution >= 4 is 28.4 Å². The molecule has 5 nitrogen and oxygen atoms in total. The van der Waals surface area contributed by atoms with E-state index in [2.05, 4.69) is 16.4 Å². The molecular weight excluding hydrogens is 266 g/mol. The summed E-state index contributed by atoms with van der Waals surface area (Å²) in [5.41, 5.74) is 3.28. The number of anilines is 1. The van der Waals surface area contributed by atoms with E-state index in [0.717, 1.165) is 28.0 Å². The Morgan fingerprint density at radius 3 is 2.71 bits per heavy atom. The monoisotopic (exact) mass is 288 g/mol. The van der Waals surface area contributed by atoms with Crippen molar-refractivity contribution in [1.29, 1.82) is 0 Å². The Bertz CT molecular complexity index is 710. The number of fused-ring (bicyclic) bond motifs is 1. The van der Waals surface area contributed by atoms with E-state index in [1.807, 2.05) is 44.7 Å². The van der Waals surface area contributed by atoms with E-state index in [9.17, 15) is 4.79 Å². The summed E-state index contributed by atoms with van der Waals surface area (Å²) in [6.45, 7) is 6.14. The third-order valence-corrected chi connectivity index (χ3v) is 3.41. The van der Waals surface area contributed by atoms with Crippen LogP contribution in [0.3, 0.4) is 0 Å². The molecule has 0 unspecified atom stereocenters. The molecule has 0 saturated heterocycles. The van der Waals surface area contributed by atoms with Crippen molar-refractivity contribution in [1.82, 2.24) is 4.98 Å². The summed E-state index contributed by atoms with van der Waals surface area (Å²) in [4.78, 5) is 15.3. The fraction of sp³-hybridized carbons (Fsp3) is 0.375. The molecule has 0 spiro atoms. The van der Waals surface area contributed by atoms with E-state index < -0.39 is 0 Å². The van der Waals surface area contributed by atoms with Gasteiger partial charge in [-0.15, -0.1) is 0 Å². The molecule has 0 bridgehead atoms. The van der Waals surface area contributed by atoms with Gasteiger partial charge in [-0.05, 0) is 26.0 Å². The van der Waals surface area contributed by atoms with Crippen LogP contribution >= 0.6 is 0 Å². The number of nitrogens with one attached hydrogen (secondary N) is 2. The van der Waals surface area contributed by atoms with E-state index >= 15 is 0 Å². The lowest BCUT2D eigenvalue weighted by Crippen LogP contribution is -2.20. The van der Waals surface area contributed by atoms with Crippen LogP contribution in [0, 0.1) is 6.92 Å². The Labute approximate surface area is 124 Å². The van der Waals surface area contributed by atoms with Gasteiger partial charge in [-0.1, -0.05) is 11.6 Å². The molecule has 2 aromatic rings. The molecule has 0 atom stereocenters. The van der Waals surface area contributed by atoms with Gasteiger partial charge in [0.15, 0.2) is 11.4 Å². The van der Waals surface area contributed by atoms with Gasteiger partial charge in [0.25, 0.3) is 0 Å². The smallest absolute Gasteiger partial charge is 0.359 e. The van der Waals surface area contributed by atoms with Crippen LogP contribution in [0.4, 0.5) is 5.69 Å². The summed E-state index contributed by atoms with van der Waals surface area (Å²) in [6, 6.07) is 6.05. The highest BCUT2D eigenvalue weighted by Crippen LogP contribution is 2.29. The van der Waals surface area contributed by atoms with Gasteiger partial charge in [0, 0.05) is 12.3 Å². The maximum absolute atomic E-state index is 12.2. The highest BCUT2D eigenvalue weighted by molar-refractivity contribution is 6.10. The number of amidine groups is 1. The molecule has 0 aliphatic rings. The SMILES string of the molecule is CCOC(=O)c1[nH]c2ccc(C)cc2c1NC(C)=[N+](C)C. The lowest BCUT2D eigenvalue weighted by molar-refractivity contribution is -0.464. The molecule has 0 amide bonds. The molecule has 0 saturated carbocycles. The second-order valence-electron chi connectivity index (χ2n) is 5.25. The zero-order valence-electron chi connectivity index (χ0n) is 13.2. The second-order valence-corrected chi connectivity index (χ2v) is 5.25. The molecule has 1 heterocycles. The number of carbonyl (C=O) groups is 1. The third kappa shape index (κ3) is 3.07. The van der Waals surface area contributed by atoms with Crippen LogP contribution in [0.5, 0.6) is 0 Å². The van der Waals surface area contributed by atoms with Gasteiger partial charge >= 0.3 is 5.97 Å². The molecule has 0 fully saturated rings. The first kappa shape index (κ1) is 15.1. The number of hydrogen-bond donors (Lipinski definition) is 2. The molecule has 2 rings (SSSR count). The first-order valence-corrected chi connectivity index (χ1v) is 7.01. The minimum Gasteiger partial charge on any atom is -0.461 e. The second kappa shape index (κ2) is 5.99. The van der Waals surface area contributed by atoms with Crippen molar-refractivity contribution in [3.05, 3.63) is 29.5 Å². The number of benzene rings is 1. The third-order valence-electron chi connectivity index (χ3n) is 3.41. The van der Waals surface area contributed by atoms with Gasteiger partial charge in [-0.2, -0.15) is 0 Å². The number of H-pyrrole nitrogens is 1. The maximum Gasteiger partial charge on any atom is 0.359 e. The summed E-state index contributed by atoms with van der Waals surface area (Å²) < 4.78 is 7.10. The number of hydrogen-bond acceptors (Lipinski definition) is 2. The van der Waals surface area contributed by atoms with E-state index in [0.29, 0.717) is 12.3 Å². The first-order chi connectivity index (χ1) is 9.93. The van der Waals surface area contributed by atoms with Crippen molar-refractivity contribution in [3.8, 4) is 0 Å². The van der Waals surface area contributed by atoms with Gasteiger partial charge in [-0.25, -0.2) is 10.1 Å². The first-order valence-electron chi connectivity index (χ1n) is 7.01. The number of carbonyl (C=O) groups excluding carboxylic acids is 1. The van der Waals surface area contributed by atoms with Crippen LogP contribution < -0.4 is 5.32 Å². The molecule has 0 radical (unpaired) electrons. The molecule has 5 heteroatoms. The van der Waals surface area contributed by atoms with Crippen LogP contribution in [-0.4, -0.2) is 42.1 Å². The Hall–Kier alpha value is -2.30. The Balaban J connectivity index is 2.61. The summed E-state index contributed by atoms with van der Waals surface area (Å²) in [6.07, 6.45) is 0. The fourth-order valence-corrected chi connectivity index (χ4v) is 2.08. The van der Waals surface area contributed by atoms with Gasteiger partial charge in [0.05, 0.1) is 26.2 Å². The fourth-order valence-electron chi connectivity index (χ4n) is 2.08. The van der Waals surface area contributed by atoms with Gasteiger partial charge in [-0.3, -0.25) is 4.58 Å². The van der Waals surface area contributed by atoms with Crippen molar-refractivity contribution in [3.63, 3.8) is 0 Å². The summed E-state index contributed by atoms with van der Waals surface area (Å²) in [5, 5.41) is 4.30. The van der Waals surface area contributed by atoms with Crippen molar-refractivity contribution in [2.45, 2.75) is 20.8 Å². The highest BCUT2D eigenvalue weighted by Gasteiger charge is 2.23. The lowest BCUT2D eigenvalue weighted by Gasteiger charge is -2.04. The van der Waals surface area contributed by atoms with Crippen molar-refractivity contribution < 1.29 is 14.1 Å². The minimum atomic E-state index is -0.347. The van der Waals surface area contributed by atoms with Crippen LogP contribution in [0.15, 0.2) is 18.2 Å². The largest absolute Gasteiger partial charge is 0.461 e. The van der Waals surface area contributed by atoms with Crippen molar-refractivity contribution in [2.24, 2.45) is 0 Å². The van der Waals surface area contributed by atoms with Crippen LogP contribution in [0.1, 0.15) is 29.9 Å². The van der Waals surface area contributed by atoms with Crippen LogP contribution in [0.2, 0.25) is 0 Å². The van der Waals surface area contributed by atoms with E-state index in [1.54, 1.807) is 6.92 Å². The molecule has 21 heavy (non-hydrogen) atoms. The molecule has 112 valence electrons. The van der Waals surface area contributed by atoms with Crippen molar-refractivity contribution in [2.75, 3.05) is 26.0 Å². The molecule has 1 aromatic carbocycles. The average molecular weight is 288 g/mol. The normalized spacial score (nSPS) is 10.5. The number of nitrogens with zero attached hydrogens (tertiary/aromatic N) is 1. The molecule has 0 aliphatic heterocycles. The Morgan fingerprint density at radius 1 is 1.38 bits per heavy atom. The zero-order chi connectivity index (χ0) is 15.6. The predicted molar refractivity (Wildman–Crippen MR) is 85.4 cm³/mol. The summed E-state index contributed by atoms with van der Waals surface area (Å²) in [5.74, 6) is 0.600. The van der Waals surface area contributed by atoms with E-state index in [4.69, 9.17) is 4.74 Å².